The van der Waals surface area contributed by atoms with E-state index in [9.17, 15) is 13.2 Å². The Balaban J connectivity index is 2.04. The minimum Gasteiger partial charge on any atom is -0.495 e. The van der Waals surface area contributed by atoms with Crippen molar-refractivity contribution in [1.29, 1.82) is 0 Å². The number of rotatable bonds is 7. The molecule has 0 aliphatic carbocycles. The second-order valence-electron chi connectivity index (χ2n) is 5.30. The average Bonchev–Trinajstić information content (AvgIpc) is 3.04. The molecule has 23 heavy (non-hydrogen) atoms. The molecule has 1 aromatic carbocycles. The van der Waals surface area contributed by atoms with Gasteiger partial charge in [-0.15, -0.1) is 0 Å². The van der Waals surface area contributed by atoms with Crippen LogP contribution in [0.3, 0.4) is 0 Å². The van der Waals surface area contributed by atoms with Crippen molar-refractivity contribution in [3.05, 3.63) is 24.3 Å². The van der Waals surface area contributed by atoms with Gasteiger partial charge in [0.2, 0.25) is 15.9 Å². The minimum atomic E-state index is -3.50. The van der Waals surface area contributed by atoms with Gasteiger partial charge in [-0.1, -0.05) is 12.1 Å². The number of anilines is 1. The highest BCUT2D eigenvalue weighted by Gasteiger charge is 2.24. The molecular formula is C15H22N2O5S. The van der Waals surface area contributed by atoms with E-state index in [-0.39, 0.29) is 19.0 Å². The summed E-state index contributed by atoms with van der Waals surface area (Å²) in [5, 5.41) is 2.72. The van der Waals surface area contributed by atoms with Gasteiger partial charge in [-0.2, -0.15) is 0 Å². The first kappa shape index (κ1) is 17.6. The topological polar surface area (TPSA) is 84.9 Å². The van der Waals surface area contributed by atoms with Gasteiger partial charge < -0.3 is 14.8 Å². The Bertz CT molecular complexity index is 641. The number of amides is 1. The zero-order valence-electron chi connectivity index (χ0n) is 13.3. The van der Waals surface area contributed by atoms with Crippen molar-refractivity contribution in [2.75, 3.05) is 37.4 Å². The van der Waals surface area contributed by atoms with Crippen LogP contribution < -0.4 is 14.4 Å². The standard InChI is InChI=1S/C15H22N2O5S/c1-21-13-7-4-3-6-12(13)17(23(2,19)20)10-9-16-15(18)14-8-5-11-22-14/h3-4,6-7,14H,5,8-11H2,1-2H3,(H,16,18). The van der Waals surface area contributed by atoms with Crippen LogP contribution in [0.25, 0.3) is 0 Å². The number of ether oxygens (including phenoxy) is 2. The lowest BCUT2D eigenvalue weighted by molar-refractivity contribution is -0.129. The molecule has 1 fully saturated rings. The Morgan fingerprint density at radius 1 is 1.43 bits per heavy atom. The van der Waals surface area contributed by atoms with E-state index < -0.39 is 16.1 Å². The van der Waals surface area contributed by atoms with E-state index in [2.05, 4.69) is 5.32 Å². The molecule has 1 aromatic rings. The maximum Gasteiger partial charge on any atom is 0.249 e. The van der Waals surface area contributed by atoms with Crippen LogP contribution in [0.15, 0.2) is 24.3 Å². The number of benzene rings is 1. The molecule has 0 radical (unpaired) electrons. The summed E-state index contributed by atoms with van der Waals surface area (Å²) in [6.45, 7) is 0.913. The Kier molecular flexibility index (Phi) is 5.84. The van der Waals surface area contributed by atoms with Crippen LogP contribution in [0.2, 0.25) is 0 Å². The van der Waals surface area contributed by atoms with Crippen LogP contribution in [0.4, 0.5) is 5.69 Å². The highest BCUT2D eigenvalue weighted by Crippen LogP contribution is 2.29. The second-order valence-corrected chi connectivity index (χ2v) is 7.21. The van der Waals surface area contributed by atoms with E-state index in [1.54, 1.807) is 24.3 Å². The Morgan fingerprint density at radius 3 is 2.78 bits per heavy atom. The van der Waals surface area contributed by atoms with Crippen molar-refractivity contribution in [3.63, 3.8) is 0 Å². The number of hydrogen-bond acceptors (Lipinski definition) is 5. The number of sulfonamides is 1. The number of hydrogen-bond donors (Lipinski definition) is 1. The molecule has 1 aliphatic heterocycles. The number of para-hydroxylation sites is 2. The Labute approximate surface area is 136 Å². The van der Waals surface area contributed by atoms with Crippen molar-refractivity contribution >= 4 is 21.6 Å². The molecule has 1 atom stereocenters. The molecule has 0 bridgehead atoms. The van der Waals surface area contributed by atoms with Crippen molar-refractivity contribution in [2.45, 2.75) is 18.9 Å². The maximum absolute atomic E-state index is 12.1. The van der Waals surface area contributed by atoms with Crippen molar-refractivity contribution in [2.24, 2.45) is 0 Å². The molecule has 0 saturated carbocycles. The summed E-state index contributed by atoms with van der Waals surface area (Å²) in [6, 6.07) is 6.86. The van der Waals surface area contributed by atoms with Crippen LogP contribution >= 0.6 is 0 Å². The fourth-order valence-corrected chi connectivity index (χ4v) is 3.41. The van der Waals surface area contributed by atoms with E-state index in [1.165, 1.54) is 11.4 Å². The largest absolute Gasteiger partial charge is 0.495 e. The number of methoxy groups -OCH3 is 1. The van der Waals surface area contributed by atoms with E-state index in [4.69, 9.17) is 9.47 Å². The van der Waals surface area contributed by atoms with Crippen molar-refractivity contribution < 1.29 is 22.7 Å². The van der Waals surface area contributed by atoms with Crippen LogP contribution in [0.1, 0.15) is 12.8 Å². The predicted octanol–water partition coefficient (Wildman–Crippen LogP) is 0.756. The van der Waals surface area contributed by atoms with Crippen LogP contribution in [0, 0.1) is 0 Å². The lowest BCUT2D eigenvalue weighted by Crippen LogP contribution is -2.41. The third-order valence-electron chi connectivity index (χ3n) is 3.59. The van der Waals surface area contributed by atoms with Crippen molar-refractivity contribution in [3.8, 4) is 5.75 Å². The summed E-state index contributed by atoms with van der Waals surface area (Å²) >= 11 is 0. The summed E-state index contributed by atoms with van der Waals surface area (Å²) in [5.74, 6) is 0.263. The minimum absolute atomic E-state index is 0.123. The SMILES string of the molecule is COc1ccccc1N(CCNC(=O)C1CCCO1)S(C)(=O)=O. The molecule has 1 amide bonds. The summed E-state index contributed by atoms with van der Waals surface area (Å²) in [4.78, 5) is 11.9. The third kappa shape index (κ3) is 4.59. The van der Waals surface area contributed by atoms with Crippen molar-refractivity contribution in [1.82, 2.24) is 5.32 Å². The molecule has 1 saturated heterocycles. The van der Waals surface area contributed by atoms with Gasteiger partial charge in [-0.05, 0) is 25.0 Å². The molecule has 1 unspecified atom stereocenters. The molecule has 0 aromatic heterocycles. The average molecular weight is 342 g/mol. The normalized spacial score (nSPS) is 17.7. The first-order chi connectivity index (χ1) is 10.9. The lowest BCUT2D eigenvalue weighted by atomic mass is 10.2. The van der Waals surface area contributed by atoms with Gasteiger partial charge in [-0.25, -0.2) is 8.42 Å². The van der Waals surface area contributed by atoms with Gasteiger partial charge in [-0.3, -0.25) is 9.10 Å². The van der Waals surface area contributed by atoms with E-state index in [1.807, 2.05) is 0 Å². The Hall–Kier alpha value is -1.80. The van der Waals surface area contributed by atoms with Gasteiger partial charge in [0.05, 0.1) is 25.6 Å². The first-order valence-corrected chi connectivity index (χ1v) is 9.28. The van der Waals surface area contributed by atoms with Crippen LogP contribution in [-0.2, 0) is 19.6 Å². The van der Waals surface area contributed by atoms with Crippen LogP contribution in [0.5, 0.6) is 5.75 Å². The number of nitrogens with zero attached hydrogens (tertiary/aromatic N) is 1. The second kappa shape index (κ2) is 7.65. The molecule has 1 heterocycles. The fraction of sp³-hybridized carbons (Fsp3) is 0.533. The molecule has 128 valence electrons. The molecule has 1 aliphatic rings. The summed E-state index contributed by atoms with van der Waals surface area (Å²) < 4.78 is 35.9. The molecule has 2 rings (SSSR count). The highest BCUT2D eigenvalue weighted by atomic mass is 32.2. The highest BCUT2D eigenvalue weighted by molar-refractivity contribution is 7.92. The van der Waals surface area contributed by atoms with Gasteiger partial charge in [0, 0.05) is 13.2 Å². The maximum atomic E-state index is 12.1. The van der Waals surface area contributed by atoms with Crippen LogP contribution in [-0.4, -0.2) is 53.5 Å². The molecule has 0 spiro atoms. The monoisotopic (exact) mass is 342 g/mol. The first-order valence-electron chi connectivity index (χ1n) is 7.43. The van der Waals surface area contributed by atoms with E-state index in [0.29, 0.717) is 24.5 Å². The van der Waals surface area contributed by atoms with Gasteiger partial charge in [0.25, 0.3) is 0 Å². The zero-order chi connectivity index (χ0) is 16.9. The van der Waals surface area contributed by atoms with E-state index >= 15 is 0 Å². The summed E-state index contributed by atoms with van der Waals surface area (Å²) in [7, 11) is -2.01. The number of carbonyl (C=O) groups excluding carboxylic acids is 1. The molecule has 7 nitrogen and oxygen atoms in total. The quantitative estimate of drug-likeness (QED) is 0.791. The predicted molar refractivity (Wildman–Crippen MR) is 87.2 cm³/mol. The van der Waals surface area contributed by atoms with Gasteiger partial charge in [0.15, 0.2) is 0 Å². The molecule has 8 heteroatoms. The fourth-order valence-electron chi connectivity index (χ4n) is 2.48. The van der Waals surface area contributed by atoms with E-state index in [0.717, 1.165) is 12.7 Å². The molecular weight excluding hydrogens is 320 g/mol. The summed E-state index contributed by atoms with van der Waals surface area (Å²) in [6.07, 6.45) is 2.28. The summed E-state index contributed by atoms with van der Waals surface area (Å²) in [5.41, 5.74) is 0.448. The number of carbonyl (C=O) groups is 1. The smallest absolute Gasteiger partial charge is 0.249 e. The number of nitrogens with one attached hydrogen (secondary N) is 1. The van der Waals surface area contributed by atoms with Gasteiger partial charge in [0.1, 0.15) is 11.9 Å². The Morgan fingerprint density at radius 2 is 2.17 bits per heavy atom. The lowest BCUT2D eigenvalue weighted by Gasteiger charge is -2.24. The zero-order valence-corrected chi connectivity index (χ0v) is 14.1. The molecule has 1 N–H and O–H groups in total. The van der Waals surface area contributed by atoms with Gasteiger partial charge >= 0.3 is 0 Å². The third-order valence-corrected chi connectivity index (χ3v) is 4.77.